The van der Waals surface area contributed by atoms with Gasteiger partial charge in [0.15, 0.2) is 0 Å². The summed E-state index contributed by atoms with van der Waals surface area (Å²) in [6, 6.07) is 6.78. The van der Waals surface area contributed by atoms with Crippen LogP contribution in [0.4, 0.5) is 0 Å². The van der Waals surface area contributed by atoms with Gasteiger partial charge in [-0.25, -0.2) is 0 Å². The number of hydrogen-bond acceptors (Lipinski definition) is 2. The summed E-state index contributed by atoms with van der Waals surface area (Å²) in [4.78, 5) is 0. The van der Waals surface area contributed by atoms with Crippen molar-refractivity contribution in [1.29, 1.82) is 0 Å². The van der Waals surface area contributed by atoms with E-state index >= 15 is 0 Å². The molecule has 2 nitrogen and oxygen atoms in total. The molecule has 0 aliphatic carbocycles. The normalized spacial score (nSPS) is 15.0. The van der Waals surface area contributed by atoms with E-state index in [4.69, 9.17) is 0 Å². The summed E-state index contributed by atoms with van der Waals surface area (Å²) in [6.07, 6.45) is -0.293. The van der Waals surface area contributed by atoms with Crippen molar-refractivity contribution in [1.82, 2.24) is 5.32 Å². The number of aliphatic hydroxyl groups is 1. The molecule has 1 rings (SSSR count). The quantitative estimate of drug-likeness (QED) is 0.794. The lowest BCUT2D eigenvalue weighted by Crippen LogP contribution is -2.27. The van der Waals surface area contributed by atoms with Gasteiger partial charge < -0.3 is 10.4 Å². The number of aliphatic hydroxyl groups excluding tert-OH is 1. The molecule has 0 amide bonds. The fourth-order valence-electron chi connectivity index (χ4n) is 1.50. The third-order valence-electron chi connectivity index (χ3n) is 2.75. The molecular formula is C13H21NO. The minimum atomic E-state index is -0.293. The van der Waals surface area contributed by atoms with Crippen molar-refractivity contribution >= 4 is 0 Å². The van der Waals surface area contributed by atoms with Crippen LogP contribution in [0.1, 0.15) is 36.6 Å². The molecule has 0 aliphatic rings. The Labute approximate surface area is 92.3 Å². The molecule has 2 heteroatoms. The third-order valence-corrected chi connectivity index (χ3v) is 2.75. The second kappa shape index (κ2) is 5.29. The summed E-state index contributed by atoms with van der Waals surface area (Å²) in [5.41, 5.74) is 3.92. The minimum absolute atomic E-state index is 0.291. The third kappa shape index (κ3) is 3.65. The van der Waals surface area contributed by atoms with Crippen LogP contribution in [-0.4, -0.2) is 17.8 Å². The van der Waals surface area contributed by atoms with E-state index < -0.39 is 0 Å². The lowest BCUT2D eigenvalue weighted by molar-refractivity contribution is 0.187. The first-order valence-corrected chi connectivity index (χ1v) is 5.49. The summed E-state index contributed by atoms with van der Waals surface area (Å²) < 4.78 is 0. The van der Waals surface area contributed by atoms with Crippen molar-refractivity contribution < 1.29 is 5.11 Å². The van der Waals surface area contributed by atoms with Crippen LogP contribution in [-0.2, 0) is 0 Å². The first kappa shape index (κ1) is 12.2. The molecule has 0 heterocycles. The lowest BCUT2D eigenvalue weighted by Gasteiger charge is -2.16. The van der Waals surface area contributed by atoms with Gasteiger partial charge in [0.05, 0.1) is 6.10 Å². The van der Waals surface area contributed by atoms with Gasteiger partial charge in [-0.2, -0.15) is 0 Å². The van der Waals surface area contributed by atoms with Gasteiger partial charge in [-0.3, -0.25) is 0 Å². The van der Waals surface area contributed by atoms with Crippen molar-refractivity contribution in [3.05, 3.63) is 34.9 Å². The van der Waals surface area contributed by atoms with E-state index in [9.17, 15) is 5.11 Å². The second-order valence-electron chi connectivity index (χ2n) is 4.32. The molecule has 0 aliphatic heterocycles. The molecule has 1 unspecified atom stereocenters. The Morgan fingerprint density at radius 3 is 2.40 bits per heavy atom. The molecule has 2 atom stereocenters. The summed E-state index contributed by atoms with van der Waals surface area (Å²) in [7, 11) is 0. The van der Waals surface area contributed by atoms with Crippen LogP contribution in [0.2, 0.25) is 0 Å². The maximum atomic E-state index is 9.18. The standard InChI is InChI=1S/C13H21NO/c1-9-5-6-13(7-10(9)2)12(4)14-8-11(3)15/h5-7,11-12,14-15H,8H2,1-4H3/t11-,12?/m1/s1. The van der Waals surface area contributed by atoms with Gasteiger partial charge >= 0.3 is 0 Å². The number of aryl methyl sites for hydroxylation is 2. The number of hydrogen-bond donors (Lipinski definition) is 2. The average Bonchev–Trinajstić information content (AvgIpc) is 2.18. The van der Waals surface area contributed by atoms with Crippen LogP contribution >= 0.6 is 0 Å². The molecule has 0 saturated carbocycles. The van der Waals surface area contributed by atoms with E-state index in [0.717, 1.165) is 0 Å². The fraction of sp³-hybridized carbons (Fsp3) is 0.538. The number of rotatable bonds is 4. The van der Waals surface area contributed by atoms with Gasteiger partial charge in [0.25, 0.3) is 0 Å². The Bertz CT molecular complexity index is 320. The zero-order valence-corrected chi connectivity index (χ0v) is 10.0. The summed E-state index contributed by atoms with van der Waals surface area (Å²) in [5.74, 6) is 0. The van der Waals surface area contributed by atoms with Gasteiger partial charge in [0, 0.05) is 12.6 Å². The second-order valence-corrected chi connectivity index (χ2v) is 4.32. The molecule has 0 aromatic heterocycles. The van der Waals surface area contributed by atoms with Crippen molar-refractivity contribution in [3.63, 3.8) is 0 Å². The van der Waals surface area contributed by atoms with Crippen molar-refractivity contribution in [2.24, 2.45) is 0 Å². The maximum absolute atomic E-state index is 9.18. The van der Waals surface area contributed by atoms with Crippen LogP contribution in [0.15, 0.2) is 18.2 Å². The Morgan fingerprint density at radius 2 is 1.87 bits per heavy atom. The van der Waals surface area contributed by atoms with Crippen LogP contribution in [0, 0.1) is 13.8 Å². The molecule has 1 aromatic carbocycles. The van der Waals surface area contributed by atoms with E-state index in [-0.39, 0.29) is 6.10 Å². The van der Waals surface area contributed by atoms with E-state index in [1.54, 1.807) is 6.92 Å². The zero-order valence-electron chi connectivity index (χ0n) is 10.0. The summed E-state index contributed by atoms with van der Waals surface area (Å²) >= 11 is 0. The van der Waals surface area contributed by atoms with E-state index in [1.807, 2.05) is 0 Å². The highest BCUT2D eigenvalue weighted by Gasteiger charge is 2.06. The molecular weight excluding hydrogens is 186 g/mol. The topological polar surface area (TPSA) is 32.3 Å². The fourth-order valence-corrected chi connectivity index (χ4v) is 1.50. The molecule has 2 N–H and O–H groups in total. The highest BCUT2D eigenvalue weighted by Crippen LogP contribution is 2.16. The van der Waals surface area contributed by atoms with Gasteiger partial charge in [0.2, 0.25) is 0 Å². The van der Waals surface area contributed by atoms with Gasteiger partial charge in [-0.05, 0) is 44.4 Å². The Kier molecular flexibility index (Phi) is 4.30. The number of benzene rings is 1. The monoisotopic (exact) mass is 207 g/mol. The lowest BCUT2D eigenvalue weighted by atomic mass is 10.0. The number of nitrogens with one attached hydrogen (secondary N) is 1. The smallest absolute Gasteiger partial charge is 0.0636 e. The molecule has 0 radical (unpaired) electrons. The van der Waals surface area contributed by atoms with Crippen molar-refractivity contribution in [3.8, 4) is 0 Å². The van der Waals surface area contributed by atoms with Crippen molar-refractivity contribution in [2.75, 3.05) is 6.54 Å². The predicted molar refractivity (Wildman–Crippen MR) is 64.0 cm³/mol. The van der Waals surface area contributed by atoms with Crippen LogP contribution in [0.5, 0.6) is 0 Å². The molecule has 1 aromatic rings. The van der Waals surface area contributed by atoms with Gasteiger partial charge in [-0.1, -0.05) is 18.2 Å². The Morgan fingerprint density at radius 1 is 1.20 bits per heavy atom. The van der Waals surface area contributed by atoms with E-state index in [1.165, 1.54) is 16.7 Å². The zero-order chi connectivity index (χ0) is 11.4. The van der Waals surface area contributed by atoms with E-state index in [2.05, 4.69) is 44.3 Å². The highest BCUT2D eigenvalue weighted by molar-refractivity contribution is 5.31. The van der Waals surface area contributed by atoms with Gasteiger partial charge in [-0.15, -0.1) is 0 Å². The SMILES string of the molecule is Cc1ccc(C(C)NC[C@@H](C)O)cc1C. The summed E-state index contributed by atoms with van der Waals surface area (Å²) in [6.45, 7) is 8.79. The van der Waals surface area contributed by atoms with Crippen molar-refractivity contribution in [2.45, 2.75) is 39.8 Å². The Hall–Kier alpha value is -0.860. The first-order chi connectivity index (χ1) is 7.00. The first-order valence-electron chi connectivity index (χ1n) is 5.49. The highest BCUT2D eigenvalue weighted by atomic mass is 16.3. The van der Waals surface area contributed by atoms with Crippen LogP contribution in [0.3, 0.4) is 0 Å². The van der Waals surface area contributed by atoms with Gasteiger partial charge in [0.1, 0.15) is 0 Å². The average molecular weight is 207 g/mol. The molecule has 0 fully saturated rings. The predicted octanol–water partition coefficient (Wildman–Crippen LogP) is 2.33. The molecule has 0 spiro atoms. The molecule has 84 valence electrons. The minimum Gasteiger partial charge on any atom is -0.392 e. The molecule has 0 saturated heterocycles. The largest absolute Gasteiger partial charge is 0.392 e. The summed E-state index contributed by atoms with van der Waals surface area (Å²) in [5, 5.41) is 12.5. The Balaban J connectivity index is 2.65. The molecule has 15 heavy (non-hydrogen) atoms. The van der Waals surface area contributed by atoms with E-state index in [0.29, 0.717) is 12.6 Å². The van der Waals surface area contributed by atoms with Crippen LogP contribution in [0.25, 0.3) is 0 Å². The maximum Gasteiger partial charge on any atom is 0.0636 e. The van der Waals surface area contributed by atoms with Crippen LogP contribution < -0.4 is 5.32 Å². The molecule has 0 bridgehead atoms.